The molecule has 1 saturated heterocycles. The Morgan fingerprint density at radius 1 is 1.17 bits per heavy atom. The summed E-state index contributed by atoms with van der Waals surface area (Å²) >= 11 is 6.30. The van der Waals surface area contributed by atoms with Gasteiger partial charge in [-0.15, -0.1) is 0 Å². The molecule has 2 N–H and O–H groups in total. The molecule has 1 saturated carbocycles. The normalized spacial score (nSPS) is 20.2. The molecule has 7 heteroatoms. The smallest absolute Gasteiger partial charge is 0.222 e. The van der Waals surface area contributed by atoms with E-state index in [-0.39, 0.29) is 17.6 Å². The summed E-state index contributed by atoms with van der Waals surface area (Å²) < 4.78 is 20.8. The molecule has 2 fully saturated rings. The summed E-state index contributed by atoms with van der Waals surface area (Å²) in [5, 5.41) is 16.4. The summed E-state index contributed by atoms with van der Waals surface area (Å²) in [6, 6.07) is 12.1. The molecular formula is C34H48ClFN2O3. The van der Waals surface area contributed by atoms with Gasteiger partial charge < -0.3 is 20.1 Å². The molecule has 5 nitrogen and oxygen atoms in total. The minimum Gasteiger partial charge on any atom is -0.385 e. The van der Waals surface area contributed by atoms with Gasteiger partial charge in [-0.25, -0.2) is 4.39 Å². The zero-order valence-corrected chi connectivity index (χ0v) is 25.6. The maximum Gasteiger partial charge on any atom is 0.222 e. The molecule has 0 bridgehead atoms. The van der Waals surface area contributed by atoms with E-state index in [9.17, 15) is 9.90 Å². The van der Waals surface area contributed by atoms with Gasteiger partial charge in [-0.2, -0.15) is 0 Å². The van der Waals surface area contributed by atoms with E-state index in [1.54, 1.807) is 31.4 Å². The number of nitrogens with zero attached hydrogens (tertiary/aromatic N) is 1. The molecule has 2 aromatic carbocycles. The highest BCUT2D eigenvalue weighted by molar-refractivity contribution is 6.30. The number of hydrogen-bond donors (Lipinski definition) is 2. The lowest BCUT2D eigenvalue weighted by Crippen LogP contribution is -2.49. The number of carbonyl (C=O) groups excluding carboxylic acids is 1. The average Bonchev–Trinajstić information content (AvgIpc) is 3.48. The molecule has 1 heterocycles. The van der Waals surface area contributed by atoms with Crippen LogP contribution in [-0.4, -0.2) is 56.3 Å². The summed E-state index contributed by atoms with van der Waals surface area (Å²) in [5.74, 6) is 0.626. The topological polar surface area (TPSA) is 61.8 Å². The van der Waals surface area contributed by atoms with Crippen LogP contribution < -0.4 is 5.32 Å². The Morgan fingerprint density at radius 3 is 2.68 bits per heavy atom. The van der Waals surface area contributed by atoms with Crippen LogP contribution in [0, 0.1) is 23.6 Å². The van der Waals surface area contributed by atoms with Crippen LogP contribution in [0.1, 0.15) is 76.2 Å². The van der Waals surface area contributed by atoms with Crippen molar-refractivity contribution in [1.29, 1.82) is 0 Å². The summed E-state index contributed by atoms with van der Waals surface area (Å²) in [6.45, 7) is 2.62. The molecule has 4 rings (SSSR count). The third-order valence-corrected chi connectivity index (χ3v) is 9.53. The quantitative estimate of drug-likeness (QED) is 0.230. The largest absolute Gasteiger partial charge is 0.385 e. The van der Waals surface area contributed by atoms with Gasteiger partial charge >= 0.3 is 0 Å². The molecule has 2 aliphatic rings. The van der Waals surface area contributed by atoms with Crippen LogP contribution >= 0.6 is 11.6 Å². The Bertz CT molecular complexity index is 1120. The fourth-order valence-corrected chi connectivity index (χ4v) is 7.43. The third kappa shape index (κ3) is 8.31. The van der Waals surface area contributed by atoms with Crippen LogP contribution in [0.3, 0.4) is 0 Å². The van der Waals surface area contributed by atoms with E-state index >= 15 is 4.39 Å². The Hall–Kier alpha value is -1.99. The van der Waals surface area contributed by atoms with Gasteiger partial charge in [-0.1, -0.05) is 61.5 Å². The first-order valence-corrected chi connectivity index (χ1v) is 15.9. The second-order valence-electron chi connectivity index (χ2n) is 12.2. The van der Waals surface area contributed by atoms with Crippen molar-refractivity contribution in [3.63, 3.8) is 0 Å². The lowest BCUT2D eigenvalue weighted by Gasteiger charge is -2.44. The van der Waals surface area contributed by atoms with Crippen molar-refractivity contribution in [3.05, 3.63) is 58.9 Å². The Kier molecular flexibility index (Phi) is 12.1. The van der Waals surface area contributed by atoms with Crippen molar-refractivity contribution in [2.45, 2.75) is 76.2 Å². The molecular weight excluding hydrogens is 539 g/mol. The first-order valence-electron chi connectivity index (χ1n) is 15.5. The average molecular weight is 587 g/mol. The minimum atomic E-state index is -1.30. The number of carbonyl (C=O) groups is 1. The number of ether oxygens (including phenoxy) is 1. The number of unbranched alkanes of at least 4 members (excludes halogenated alkanes) is 1. The summed E-state index contributed by atoms with van der Waals surface area (Å²) in [5.41, 5.74) is 0.302. The summed E-state index contributed by atoms with van der Waals surface area (Å²) in [7, 11) is 3.64. The van der Waals surface area contributed by atoms with Crippen LogP contribution in [0.4, 0.5) is 4.39 Å². The number of halogens is 2. The molecule has 0 radical (unpaired) electrons. The van der Waals surface area contributed by atoms with E-state index in [1.165, 1.54) is 31.7 Å². The van der Waals surface area contributed by atoms with Gasteiger partial charge in [-0.3, -0.25) is 4.79 Å². The summed E-state index contributed by atoms with van der Waals surface area (Å²) in [4.78, 5) is 15.6. The SMILES string of the molecule is CNC[C@@H](CC(=O)N1CCC[C@@H]([C@@](O)(CCCCOC)c2cccc(F)c2-c2cccc(Cl)c2)C1)CC1CCCC1. The first-order chi connectivity index (χ1) is 19.9. The van der Waals surface area contributed by atoms with Crippen LogP contribution in [0.2, 0.25) is 5.02 Å². The first kappa shape index (κ1) is 31.9. The lowest BCUT2D eigenvalue weighted by atomic mass is 9.72. The van der Waals surface area contributed by atoms with Gasteiger partial charge in [0.15, 0.2) is 0 Å². The molecule has 1 aliphatic carbocycles. The van der Waals surface area contributed by atoms with Crippen molar-refractivity contribution in [3.8, 4) is 11.1 Å². The summed E-state index contributed by atoms with van der Waals surface area (Å²) in [6.07, 6.45) is 10.4. The van der Waals surface area contributed by atoms with E-state index in [0.29, 0.717) is 60.2 Å². The zero-order valence-electron chi connectivity index (χ0n) is 24.8. The molecule has 1 aliphatic heterocycles. The Morgan fingerprint density at radius 2 is 1.95 bits per heavy atom. The maximum absolute atomic E-state index is 15.6. The third-order valence-electron chi connectivity index (χ3n) is 9.30. The van der Waals surface area contributed by atoms with Gasteiger partial charge in [0.05, 0.1) is 5.60 Å². The van der Waals surface area contributed by atoms with Crippen LogP contribution in [0.15, 0.2) is 42.5 Å². The number of nitrogens with one attached hydrogen (secondary N) is 1. The van der Waals surface area contributed by atoms with Crippen LogP contribution in [0.5, 0.6) is 0 Å². The van der Waals surface area contributed by atoms with Crippen molar-refractivity contribution < 1.29 is 19.0 Å². The van der Waals surface area contributed by atoms with Gasteiger partial charge in [0.1, 0.15) is 5.82 Å². The second kappa shape index (κ2) is 15.5. The standard InChI is InChI=1S/C34H48ClFN2O3/c1-37-23-26(20-25-10-3-4-11-25)21-32(39)38-18-9-13-28(24-38)34(40,17-5-6-19-41-2)30-15-8-16-31(36)33(30)27-12-7-14-29(35)22-27/h7-8,12,14-16,22,25-26,28,37,40H,3-6,9-11,13,17-21,23-24H2,1-2H3/t26-,28-,34+/m1/s1. The molecule has 0 aromatic heterocycles. The predicted molar refractivity (Wildman–Crippen MR) is 164 cm³/mol. The number of benzene rings is 2. The fourth-order valence-electron chi connectivity index (χ4n) is 7.24. The Labute approximate surface area is 250 Å². The minimum absolute atomic E-state index is 0.170. The van der Waals surface area contributed by atoms with E-state index in [0.717, 1.165) is 44.6 Å². The number of aliphatic hydroxyl groups is 1. The number of hydrogen-bond acceptors (Lipinski definition) is 4. The highest BCUT2D eigenvalue weighted by Gasteiger charge is 2.43. The molecule has 1 amide bonds. The molecule has 0 spiro atoms. The van der Waals surface area contributed by atoms with Crippen molar-refractivity contribution in [1.82, 2.24) is 10.2 Å². The van der Waals surface area contributed by atoms with E-state index in [4.69, 9.17) is 16.3 Å². The van der Waals surface area contributed by atoms with Gasteiger partial charge in [0.25, 0.3) is 0 Å². The number of amides is 1. The van der Waals surface area contributed by atoms with Gasteiger partial charge in [-0.05, 0) is 93.3 Å². The van der Waals surface area contributed by atoms with E-state index < -0.39 is 5.60 Å². The maximum atomic E-state index is 15.6. The van der Waals surface area contributed by atoms with E-state index in [1.807, 2.05) is 24.1 Å². The lowest BCUT2D eigenvalue weighted by molar-refractivity contribution is -0.137. The monoisotopic (exact) mass is 586 g/mol. The zero-order chi connectivity index (χ0) is 29.2. The highest BCUT2D eigenvalue weighted by atomic mass is 35.5. The van der Waals surface area contributed by atoms with Crippen LogP contribution in [0.25, 0.3) is 11.1 Å². The second-order valence-corrected chi connectivity index (χ2v) is 12.7. The van der Waals surface area contributed by atoms with Crippen molar-refractivity contribution >= 4 is 17.5 Å². The molecule has 3 atom stereocenters. The highest BCUT2D eigenvalue weighted by Crippen LogP contribution is 2.45. The van der Waals surface area contributed by atoms with Crippen LogP contribution in [-0.2, 0) is 15.1 Å². The molecule has 2 aromatic rings. The number of rotatable bonds is 14. The number of methoxy groups -OCH3 is 1. The molecule has 226 valence electrons. The van der Waals surface area contributed by atoms with Gasteiger partial charge in [0, 0.05) is 49.7 Å². The van der Waals surface area contributed by atoms with Crippen molar-refractivity contribution in [2.75, 3.05) is 40.4 Å². The van der Waals surface area contributed by atoms with Crippen molar-refractivity contribution in [2.24, 2.45) is 17.8 Å². The van der Waals surface area contributed by atoms with E-state index in [2.05, 4.69) is 5.32 Å². The number of likely N-dealkylation sites (tertiary alicyclic amines) is 1. The predicted octanol–water partition coefficient (Wildman–Crippen LogP) is 7.20. The fraction of sp³-hybridized carbons (Fsp3) is 0.618. The molecule has 0 unspecified atom stereocenters. The van der Waals surface area contributed by atoms with Gasteiger partial charge in [0.2, 0.25) is 5.91 Å². The Balaban J connectivity index is 1.59. The number of piperidine rings is 1. The molecule has 41 heavy (non-hydrogen) atoms.